The Kier molecular flexibility index (Phi) is 9.06. The lowest BCUT2D eigenvalue weighted by Gasteiger charge is -2.27. The highest BCUT2D eigenvalue weighted by Crippen LogP contribution is 2.25. The molecule has 0 aliphatic heterocycles. The van der Waals surface area contributed by atoms with E-state index in [0.717, 1.165) is 29.8 Å². The highest BCUT2D eigenvalue weighted by atomic mass is 16.2. The molecule has 0 fully saturated rings. The maximum Gasteiger partial charge on any atom is 0.217 e. The van der Waals surface area contributed by atoms with Gasteiger partial charge in [0.1, 0.15) is 0 Å². The first-order chi connectivity index (χ1) is 14.4. The Morgan fingerprint density at radius 3 is 2.10 bits per heavy atom. The quantitative estimate of drug-likeness (QED) is 0.557. The third-order valence-corrected chi connectivity index (χ3v) is 4.79. The molecule has 2 aromatic rings. The van der Waals surface area contributed by atoms with Gasteiger partial charge in [0.15, 0.2) is 5.78 Å². The van der Waals surface area contributed by atoms with Gasteiger partial charge in [-0.25, -0.2) is 0 Å². The fraction of sp³-hybridized carbons (Fsp3) is 0.375. The van der Waals surface area contributed by atoms with E-state index in [1.165, 1.54) is 13.8 Å². The highest BCUT2D eigenvalue weighted by Gasteiger charge is 2.22. The molecule has 0 aliphatic carbocycles. The molecule has 6 nitrogen and oxygen atoms in total. The van der Waals surface area contributed by atoms with Crippen LogP contribution in [0.2, 0.25) is 0 Å². The number of carbonyl (C=O) groups excluding carboxylic acids is 3. The lowest BCUT2D eigenvalue weighted by Crippen LogP contribution is -2.44. The molecule has 2 N–H and O–H groups in total. The van der Waals surface area contributed by atoms with Crippen molar-refractivity contribution in [3.8, 4) is 0 Å². The van der Waals surface area contributed by atoms with Gasteiger partial charge in [-0.1, -0.05) is 35.9 Å². The number of para-hydroxylation sites is 1. The van der Waals surface area contributed by atoms with E-state index < -0.39 is 6.04 Å². The zero-order valence-electron chi connectivity index (χ0n) is 18.0. The van der Waals surface area contributed by atoms with Crippen LogP contribution in [0.4, 0.5) is 11.4 Å². The van der Waals surface area contributed by atoms with Crippen LogP contribution in [-0.4, -0.2) is 36.7 Å². The van der Waals surface area contributed by atoms with Gasteiger partial charge in [0, 0.05) is 31.8 Å². The Bertz CT molecular complexity index is 835. The van der Waals surface area contributed by atoms with Gasteiger partial charge in [-0.05, 0) is 50.5 Å². The van der Waals surface area contributed by atoms with E-state index in [1.54, 1.807) is 0 Å². The molecule has 0 aromatic heterocycles. The van der Waals surface area contributed by atoms with Crippen LogP contribution < -0.4 is 15.5 Å². The largest absolute Gasteiger partial charge is 0.356 e. The van der Waals surface area contributed by atoms with Gasteiger partial charge >= 0.3 is 0 Å². The molecule has 2 amide bonds. The van der Waals surface area contributed by atoms with E-state index in [2.05, 4.69) is 10.6 Å². The molecular weight excluding hydrogens is 378 g/mol. The van der Waals surface area contributed by atoms with Crippen molar-refractivity contribution in [3.63, 3.8) is 0 Å². The second-order valence-electron chi connectivity index (χ2n) is 7.46. The van der Waals surface area contributed by atoms with Crippen molar-refractivity contribution < 1.29 is 14.4 Å². The molecule has 0 bridgehead atoms. The normalized spacial score (nSPS) is 11.4. The van der Waals surface area contributed by atoms with E-state index in [-0.39, 0.29) is 24.1 Å². The molecule has 2 rings (SSSR count). The maximum atomic E-state index is 13.1. The van der Waals surface area contributed by atoms with Gasteiger partial charge in [0.05, 0.1) is 12.6 Å². The summed E-state index contributed by atoms with van der Waals surface area (Å²) in [6.45, 7) is 5.65. The fourth-order valence-electron chi connectivity index (χ4n) is 3.23. The van der Waals surface area contributed by atoms with Gasteiger partial charge in [0.25, 0.3) is 0 Å². The summed E-state index contributed by atoms with van der Waals surface area (Å²) in [6.07, 6.45) is 2.02. The number of benzene rings is 2. The first kappa shape index (κ1) is 23.1. The van der Waals surface area contributed by atoms with Gasteiger partial charge < -0.3 is 15.5 Å². The number of hydrogen-bond acceptors (Lipinski definition) is 4. The molecule has 0 radical (unpaired) electrons. The number of nitrogens with one attached hydrogen (secondary N) is 2. The molecule has 0 spiro atoms. The molecule has 6 heteroatoms. The van der Waals surface area contributed by atoms with Crippen LogP contribution in [-0.2, 0) is 14.4 Å². The summed E-state index contributed by atoms with van der Waals surface area (Å²) < 4.78 is 0. The molecule has 0 heterocycles. The van der Waals surface area contributed by atoms with Crippen LogP contribution in [0.3, 0.4) is 0 Å². The predicted octanol–water partition coefficient (Wildman–Crippen LogP) is 3.51. The van der Waals surface area contributed by atoms with Crippen LogP contribution >= 0.6 is 0 Å². The van der Waals surface area contributed by atoms with Gasteiger partial charge in [-0.2, -0.15) is 0 Å². The SMILES string of the molecule is CC(=O)NCCCCC(NC(C)=O)C(=O)CN(c1ccccc1)c1ccc(C)cc1. The van der Waals surface area contributed by atoms with Gasteiger partial charge in [0.2, 0.25) is 11.8 Å². The summed E-state index contributed by atoms with van der Waals surface area (Å²) in [4.78, 5) is 37.8. The number of ketones is 1. The molecule has 0 saturated carbocycles. The van der Waals surface area contributed by atoms with Crippen LogP contribution in [0, 0.1) is 6.92 Å². The number of anilines is 2. The molecule has 30 heavy (non-hydrogen) atoms. The first-order valence-corrected chi connectivity index (χ1v) is 10.3. The van der Waals surface area contributed by atoms with Crippen LogP contribution in [0.1, 0.15) is 38.7 Å². The van der Waals surface area contributed by atoms with Crippen molar-refractivity contribution >= 4 is 29.0 Å². The molecule has 0 aliphatic rings. The third-order valence-electron chi connectivity index (χ3n) is 4.79. The van der Waals surface area contributed by atoms with Crippen LogP contribution in [0.25, 0.3) is 0 Å². The van der Waals surface area contributed by atoms with E-state index >= 15 is 0 Å². The molecule has 2 aromatic carbocycles. The number of aryl methyl sites for hydroxylation is 1. The summed E-state index contributed by atoms with van der Waals surface area (Å²) >= 11 is 0. The van der Waals surface area contributed by atoms with E-state index in [0.29, 0.717) is 13.0 Å². The topological polar surface area (TPSA) is 78.5 Å². The second kappa shape index (κ2) is 11.8. The Labute approximate surface area is 178 Å². The molecule has 0 saturated heterocycles. The van der Waals surface area contributed by atoms with Crippen LogP contribution in [0.5, 0.6) is 0 Å². The van der Waals surface area contributed by atoms with Crippen LogP contribution in [0.15, 0.2) is 54.6 Å². The Balaban J connectivity index is 2.12. The first-order valence-electron chi connectivity index (χ1n) is 10.3. The lowest BCUT2D eigenvalue weighted by molar-refractivity contribution is -0.126. The minimum atomic E-state index is -0.559. The van der Waals surface area contributed by atoms with Crippen molar-refractivity contribution in [1.29, 1.82) is 0 Å². The number of rotatable bonds is 11. The van der Waals surface area contributed by atoms with Crippen molar-refractivity contribution in [2.45, 2.75) is 46.1 Å². The zero-order chi connectivity index (χ0) is 21.9. The second-order valence-corrected chi connectivity index (χ2v) is 7.46. The predicted molar refractivity (Wildman–Crippen MR) is 120 cm³/mol. The standard InChI is InChI=1S/C24H31N3O3/c1-18-12-14-22(15-13-18)27(21-9-5-4-6-10-21)17-24(30)23(26-20(3)29)11-7-8-16-25-19(2)28/h4-6,9-10,12-15,23H,7-8,11,16-17H2,1-3H3,(H,25,28)(H,26,29). The van der Waals surface area contributed by atoms with E-state index in [9.17, 15) is 14.4 Å². The van der Waals surface area contributed by atoms with Crippen molar-refractivity contribution in [2.75, 3.05) is 18.0 Å². The fourth-order valence-corrected chi connectivity index (χ4v) is 3.23. The molecule has 1 unspecified atom stereocenters. The third kappa shape index (κ3) is 7.70. The zero-order valence-corrected chi connectivity index (χ0v) is 18.0. The van der Waals surface area contributed by atoms with E-state index in [1.807, 2.05) is 66.4 Å². The van der Waals surface area contributed by atoms with Gasteiger partial charge in [-0.3, -0.25) is 14.4 Å². The molecular formula is C24H31N3O3. The number of hydrogen-bond donors (Lipinski definition) is 2. The average molecular weight is 410 g/mol. The number of amides is 2. The maximum absolute atomic E-state index is 13.1. The number of carbonyl (C=O) groups is 3. The lowest BCUT2D eigenvalue weighted by atomic mass is 10.0. The molecule has 160 valence electrons. The summed E-state index contributed by atoms with van der Waals surface area (Å²) in [7, 11) is 0. The molecule has 1 atom stereocenters. The van der Waals surface area contributed by atoms with Crippen molar-refractivity contribution in [2.24, 2.45) is 0 Å². The number of unbranched alkanes of at least 4 members (excludes halogenated alkanes) is 1. The monoisotopic (exact) mass is 409 g/mol. The number of nitrogens with zero attached hydrogens (tertiary/aromatic N) is 1. The minimum absolute atomic E-state index is 0.0471. The van der Waals surface area contributed by atoms with Crippen molar-refractivity contribution in [1.82, 2.24) is 10.6 Å². The summed E-state index contributed by atoms with van der Waals surface area (Å²) in [5.41, 5.74) is 2.99. The minimum Gasteiger partial charge on any atom is -0.356 e. The number of Topliss-reactive ketones (excluding diaryl/α,β-unsaturated/α-hetero) is 1. The Hall–Kier alpha value is -3.15. The summed E-state index contributed by atoms with van der Waals surface area (Å²) in [6, 6.07) is 17.2. The smallest absolute Gasteiger partial charge is 0.217 e. The Morgan fingerprint density at radius 1 is 0.867 bits per heavy atom. The Morgan fingerprint density at radius 2 is 1.50 bits per heavy atom. The summed E-state index contributed by atoms with van der Waals surface area (Å²) in [5.74, 6) is -0.341. The highest BCUT2D eigenvalue weighted by molar-refractivity contribution is 5.93. The van der Waals surface area contributed by atoms with Gasteiger partial charge in [-0.15, -0.1) is 0 Å². The average Bonchev–Trinajstić information content (AvgIpc) is 2.71. The van der Waals surface area contributed by atoms with Crippen molar-refractivity contribution in [3.05, 3.63) is 60.2 Å². The van der Waals surface area contributed by atoms with E-state index in [4.69, 9.17) is 0 Å². The summed E-state index contributed by atoms with van der Waals surface area (Å²) in [5, 5.41) is 5.54.